The van der Waals surface area contributed by atoms with Gasteiger partial charge in [-0.15, -0.1) is 0 Å². The van der Waals surface area contributed by atoms with Crippen LogP contribution >= 0.6 is 0 Å². The van der Waals surface area contributed by atoms with Crippen LogP contribution in [0.1, 0.15) is 24.9 Å². The number of hydrogen-bond acceptors (Lipinski definition) is 5. The summed E-state index contributed by atoms with van der Waals surface area (Å²) in [6, 6.07) is 4.00. The van der Waals surface area contributed by atoms with Crippen molar-refractivity contribution in [2.75, 3.05) is 44.2 Å². The molecule has 0 saturated carbocycles. The Bertz CT molecular complexity index is 397. The molecule has 0 amide bonds. The van der Waals surface area contributed by atoms with E-state index in [1.165, 1.54) is 0 Å². The average molecular weight is 264 g/mol. The van der Waals surface area contributed by atoms with Gasteiger partial charge in [0.1, 0.15) is 5.82 Å². The minimum absolute atomic E-state index is 0.000461. The molecule has 1 aromatic heterocycles. The van der Waals surface area contributed by atoms with Gasteiger partial charge in [0.15, 0.2) is 0 Å². The minimum atomic E-state index is 0.000461. The van der Waals surface area contributed by atoms with Crippen molar-refractivity contribution >= 4 is 5.82 Å². The normalized spacial score (nSPS) is 19.2. The molecule has 1 fully saturated rings. The molecule has 1 unspecified atom stereocenters. The predicted octanol–water partition coefficient (Wildman–Crippen LogP) is 0.606. The van der Waals surface area contributed by atoms with Gasteiger partial charge in [0.25, 0.3) is 0 Å². The van der Waals surface area contributed by atoms with E-state index in [9.17, 15) is 0 Å². The lowest BCUT2D eigenvalue weighted by molar-refractivity contribution is 0.204. The Kier molecular flexibility index (Phi) is 5.13. The summed E-state index contributed by atoms with van der Waals surface area (Å²) in [5.74, 6) is 1.02. The number of pyridine rings is 1. The van der Waals surface area contributed by atoms with E-state index in [0.717, 1.165) is 50.5 Å². The third-order valence-electron chi connectivity index (χ3n) is 3.61. The molecule has 1 aliphatic rings. The van der Waals surface area contributed by atoms with Gasteiger partial charge in [0.05, 0.1) is 6.61 Å². The quantitative estimate of drug-likeness (QED) is 0.834. The third kappa shape index (κ3) is 3.65. The number of rotatable bonds is 4. The highest BCUT2D eigenvalue weighted by Crippen LogP contribution is 2.23. The molecule has 1 saturated heterocycles. The van der Waals surface area contributed by atoms with E-state index in [1.54, 1.807) is 0 Å². The predicted molar refractivity (Wildman–Crippen MR) is 77.2 cm³/mol. The number of anilines is 1. The van der Waals surface area contributed by atoms with Crippen LogP contribution in [0, 0.1) is 0 Å². The molecule has 1 aliphatic heterocycles. The summed E-state index contributed by atoms with van der Waals surface area (Å²) in [6.07, 6.45) is 2.92. The zero-order valence-electron chi connectivity index (χ0n) is 11.6. The number of aromatic nitrogens is 1. The van der Waals surface area contributed by atoms with Crippen LogP contribution in [0.15, 0.2) is 18.3 Å². The average Bonchev–Trinajstić information content (AvgIpc) is 2.65. The van der Waals surface area contributed by atoms with Gasteiger partial charge >= 0.3 is 0 Å². The molecule has 1 aromatic rings. The minimum Gasteiger partial charge on any atom is -0.395 e. The summed E-state index contributed by atoms with van der Waals surface area (Å²) in [6.45, 7) is 6.93. The van der Waals surface area contributed by atoms with Crippen LogP contribution in [0.2, 0.25) is 0 Å². The van der Waals surface area contributed by atoms with Gasteiger partial charge in [-0.05, 0) is 26.0 Å². The van der Waals surface area contributed by atoms with E-state index < -0.39 is 0 Å². The van der Waals surface area contributed by atoms with E-state index in [1.807, 2.05) is 19.2 Å². The number of hydrogen-bond donors (Lipinski definition) is 2. The van der Waals surface area contributed by atoms with Crippen LogP contribution in [-0.2, 0) is 0 Å². The molecule has 0 bridgehead atoms. The largest absolute Gasteiger partial charge is 0.395 e. The second-order valence-corrected chi connectivity index (χ2v) is 5.11. The number of β-amino-alcohol motifs (C(OH)–C–C–N with tert-alkyl or cyclic N) is 1. The maximum Gasteiger partial charge on any atom is 0.133 e. The highest BCUT2D eigenvalue weighted by Gasteiger charge is 2.18. The molecule has 1 atom stereocenters. The Hall–Kier alpha value is -1.17. The smallest absolute Gasteiger partial charge is 0.133 e. The van der Waals surface area contributed by atoms with Crippen LogP contribution in [0.3, 0.4) is 0 Å². The zero-order chi connectivity index (χ0) is 13.7. The van der Waals surface area contributed by atoms with E-state index in [4.69, 9.17) is 10.8 Å². The molecule has 2 heterocycles. The van der Waals surface area contributed by atoms with Crippen molar-refractivity contribution in [3.63, 3.8) is 0 Å². The second-order valence-electron chi connectivity index (χ2n) is 5.11. The van der Waals surface area contributed by atoms with Crippen LogP contribution in [-0.4, -0.2) is 54.3 Å². The first-order chi connectivity index (χ1) is 9.22. The fourth-order valence-corrected chi connectivity index (χ4v) is 2.58. The Morgan fingerprint density at radius 3 is 2.95 bits per heavy atom. The molecular formula is C14H24N4O. The zero-order valence-corrected chi connectivity index (χ0v) is 11.6. The molecular weight excluding hydrogens is 240 g/mol. The second kappa shape index (κ2) is 6.84. The summed E-state index contributed by atoms with van der Waals surface area (Å²) in [5, 5.41) is 9.03. The van der Waals surface area contributed by atoms with Crippen molar-refractivity contribution in [1.82, 2.24) is 9.88 Å². The topological polar surface area (TPSA) is 65.6 Å². The maximum atomic E-state index is 9.03. The highest BCUT2D eigenvalue weighted by molar-refractivity contribution is 5.48. The first-order valence-electron chi connectivity index (χ1n) is 7.01. The first kappa shape index (κ1) is 14.2. The van der Waals surface area contributed by atoms with Crippen LogP contribution in [0.4, 0.5) is 5.82 Å². The SMILES string of the molecule is CC(N)c1cccnc1N1CCCN(CCO)CC1. The number of aliphatic hydroxyl groups is 1. The van der Waals surface area contributed by atoms with E-state index in [-0.39, 0.29) is 12.6 Å². The Morgan fingerprint density at radius 2 is 2.21 bits per heavy atom. The van der Waals surface area contributed by atoms with Gasteiger partial charge in [-0.2, -0.15) is 0 Å². The monoisotopic (exact) mass is 264 g/mol. The van der Waals surface area contributed by atoms with Crippen molar-refractivity contribution in [1.29, 1.82) is 0 Å². The van der Waals surface area contributed by atoms with Crippen molar-refractivity contribution in [3.8, 4) is 0 Å². The molecule has 3 N–H and O–H groups in total. The van der Waals surface area contributed by atoms with Gasteiger partial charge in [-0.1, -0.05) is 6.07 Å². The maximum absolute atomic E-state index is 9.03. The van der Waals surface area contributed by atoms with E-state index in [0.29, 0.717) is 0 Å². The van der Waals surface area contributed by atoms with E-state index >= 15 is 0 Å². The van der Waals surface area contributed by atoms with E-state index in [2.05, 4.69) is 20.9 Å². The molecule has 0 spiro atoms. The molecule has 0 aromatic carbocycles. The van der Waals surface area contributed by atoms with Gasteiger partial charge in [0.2, 0.25) is 0 Å². The van der Waals surface area contributed by atoms with Gasteiger partial charge < -0.3 is 15.7 Å². The van der Waals surface area contributed by atoms with Gasteiger partial charge in [-0.3, -0.25) is 4.90 Å². The number of aliphatic hydroxyl groups excluding tert-OH is 1. The molecule has 2 rings (SSSR count). The van der Waals surface area contributed by atoms with Gasteiger partial charge in [-0.25, -0.2) is 4.98 Å². The van der Waals surface area contributed by atoms with Crippen LogP contribution in [0.5, 0.6) is 0 Å². The third-order valence-corrected chi connectivity index (χ3v) is 3.61. The highest BCUT2D eigenvalue weighted by atomic mass is 16.3. The summed E-state index contributed by atoms with van der Waals surface area (Å²) < 4.78 is 0. The summed E-state index contributed by atoms with van der Waals surface area (Å²) in [7, 11) is 0. The van der Waals surface area contributed by atoms with Crippen molar-refractivity contribution < 1.29 is 5.11 Å². The first-order valence-corrected chi connectivity index (χ1v) is 7.01. The molecule has 19 heavy (non-hydrogen) atoms. The lowest BCUT2D eigenvalue weighted by Crippen LogP contribution is -2.33. The summed E-state index contributed by atoms with van der Waals surface area (Å²) >= 11 is 0. The summed E-state index contributed by atoms with van der Waals surface area (Å²) in [5.41, 5.74) is 7.13. The van der Waals surface area contributed by atoms with Crippen molar-refractivity contribution in [3.05, 3.63) is 23.9 Å². The fraction of sp³-hybridized carbons (Fsp3) is 0.643. The Labute approximate surface area is 115 Å². The van der Waals surface area contributed by atoms with Crippen molar-refractivity contribution in [2.45, 2.75) is 19.4 Å². The van der Waals surface area contributed by atoms with Gasteiger partial charge in [0, 0.05) is 44.0 Å². The lowest BCUT2D eigenvalue weighted by atomic mass is 10.1. The Balaban J connectivity index is 2.10. The fourth-order valence-electron chi connectivity index (χ4n) is 2.58. The summed E-state index contributed by atoms with van der Waals surface area (Å²) in [4.78, 5) is 9.13. The molecule has 0 aliphatic carbocycles. The van der Waals surface area contributed by atoms with Crippen LogP contribution < -0.4 is 10.6 Å². The molecule has 5 heteroatoms. The molecule has 0 radical (unpaired) electrons. The lowest BCUT2D eigenvalue weighted by Gasteiger charge is -2.25. The van der Waals surface area contributed by atoms with Crippen LogP contribution in [0.25, 0.3) is 0 Å². The van der Waals surface area contributed by atoms with Crippen molar-refractivity contribution in [2.24, 2.45) is 5.73 Å². The number of nitrogens with two attached hydrogens (primary N) is 1. The number of nitrogens with zero attached hydrogens (tertiary/aromatic N) is 3. The Morgan fingerprint density at radius 1 is 1.37 bits per heavy atom. The molecule has 5 nitrogen and oxygen atoms in total. The molecule has 106 valence electrons. The standard InChI is InChI=1S/C14H24N4O/c1-12(15)13-4-2-5-16-14(13)18-7-3-6-17(8-9-18)10-11-19/h2,4-5,12,19H,3,6-11,15H2,1H3.